The molecule has 1 aromatic rings. The van der Waals surface area contributed by atoms with Gasteiger partial charge in [-0.05, 0) is 57.6 Å². The number of amides is 1. The summed E-state index contributed by atoms with van der Waals surface area (Å²) in [5.74, 6) is 0.00503. The van der Waals surface area contributed by atoms with E-state index in [1.54, 1.807) is 0 Å². The zero-order valence-electron chi connectivity index (χ0n) is 13.1. The smallest absolute Gasteiger partial charge is 0.348 e. The summed E-state index contributed by atoms with van der Waals surface area (Å²) < 4.78 is 5.10. The highest BCUT2D eigenvalue weighted by molar-refractivity contribution is 7.14. The zero-order chi connectivity index (χ0) is 15.6. The number of carbonyl (C=O) groups excluding carboxylic acids is 2. The van der Waals surface area contributed by atoms with Gasteiger partial charge in [0.2, 0.25) is 0 Å². The average Bonchev–Trinajstić information content (AvgIpc) is 2.76. The number of nitrogens with one attached hydrogen (secondary N) is 1. The molecular formula is C16H23NO3S. The lowest BCUT2D eigenvalue weighted by Crippen LogP contribution is -2.42. The Bertz CT molecular complexity index is 542. The van der Waals surface area contributed by atoms with E-state index >= 15 is 0 Å². The first kappa shape index (κ1) is 16.0. The number of rotatable bonds is 3. The summed E-state index contributed by atoms with van der Waals surface area (Å²) in [7, 11) is 0. The summed E-state index contributed by atoms with van der Waals surface area (Å²) >= 11 is 1.50. The topological polar surface area (TPSA) is 55.4 Å². The Labute approximate surface area is 129 Å². The second kappa shape index (κ2) is 6.18. The van der Waals surface area contributed by atoms with Gasteiger partial charge in [0.25, 0.3) is 5.91 Å². The maximum atomic E-state index is 12.0. The quantitative estimate of drug-likeness (QED) is 0.873. The Morgan fingerprint density at radius 2 is 2.14 bits per heavy atom. The van der Waals surface area contributed by atoms with Crippen LogP contribution >= 0.6 is 11.3 Å². The number of thiophene rings is 1. The van der Waals surface area contributed by atoms with Gasteiger partial charge in [-0.1, -0.05) is 6.92 Å². The molecule has 0 bridgehead atoms. The second-order valence-corrected chi connectivity index (χ2v) is 7.92. The molecule has 0 saturated heterocycles. The van der Waals surface area contributed by atoms with Gasteiger partial charge in [0, 0.05) is 10.4 Å². The molecule has 2 rings (SSSR count). The minimum atomic E-state index is -0.397. The summed E-state index contributed by atoms with van der Waals surface area (Å²) in [6.07, 6.45) is 3.25. The fraction of sp³-hybridized carbons (Fsp3) is 0.625. The molecule has 0 unspecified atom stereocenters. The lowest BCUT2D eigenvalue weighted by atomic mass is 9.90. The van der Waals surface area contributed by atoms with E-state index in [1.807, 2.05) is 26.8 Å². The number of esters is 1. The van der Waals surface area contributed by atoms with Gasteiger partial charge in [0.15, 0.2) is 6.61 Å². The number of aryl methyl sites for hydroxylation is 1. The van der Waals surface area contributed by atoms with Crippen LogP contribution in [0.4, 0.5) is 0 Å². The summed E-state index contributed by atoms with van der Waals surface area (Å²) in [5.41, 5.74) is 0.951. The van der Waals surface area contributed by atoms with Crippen LogP contribution in [-0.4, -0.2) is 24.0 Å². The largest absolute Gasteiger partial charge is 0.451 e. The standard InChI is InChI=1S/C16H23NO3S/c1-10-5-6-12-11(7-10)8-13(21-12)15(19)20-9-14(18)17-16(2,3)4/h8,10H,5-7,9H2,1-4H3,(H,17,18)/t10-/m1/s1. The van der Waals surface area contributed by atoms with Crippen LogP contribution in [0.25, 0.3) is 0 Å². The van der Waals surface area contributed by atoms with Gasteiger partial charge >= 0.3 is 5.97 Å². The van der Waals surface area contributed by atoms with Gasteiger partial charge < -0.3 is 10.1 Å². The van der Waals surface area contributed by atoms with Gasteiger partial charge in [-0.3, -0.25) is 4.79 Å². The lowest BCUT2D eigenvalue weighted by molar-refractivity contribution is -0.125. The number of hydrogen-bond donors (Lipinski definition) is 1. The van der Waals surface area contributed by atoms with Gasteiger partial charge in [0.05, 0.1) is 0 Å². The minimum absolute atomic E-state index is 0.227. The molecular weight excluding hydrogens is 286 g/mol. The summed E-state index contributed by atoms with van der Waals surface area (Å²) in [6.45, 7) is 7.67. The van der Waals surface area contributed by atoms with Gasteiger partial charge in [-0.2, -0.15) is 0 Å². The van der Waals surface area contributed by atoms with E-state index in [2.05, 4.69) is 12.2 Å². The first-order chi connectivity index (χ1) is 9.74. The molecule has 1 amide bonds. The van der Waals surface area contributed by atoms with Crippen LogP contribution < -0.4 is 5.32 Å². The molecule has 1 aliphatic rings. The first-order valence-corrected chi connectivity index (χ1v) is 8.16. The SMILES string of the molecule is C[C@@H]1CCc2sc(C(=O)OCC(=O)NC(C)(C)C)cc2C1. The number of carbonyl (C=O) groups is 2. The van der Waals surface area contributed by atoms with Crippen molar-refractivity contribution in [3.8, 4) is 0 Å². The third-order valence-corrected chi connectivity index (χ3v) is 4.60. The van der Waals surface area contributed by atoms with Crippen LogP contribution in [0.15, 0.2) is 6.07 Å². The summed E-state index contributed by atoms with van der Waals surface area (Å²) in [4.78, 5) is 25.6. The molecule has 0 fully saturated rings. The summed E-state index contributed by atoms with van der Waals surface area (Å²) in [5, 5.41) is 2.77. The normalized spacial score (nSPS) is 18.0. The predicted molar refractivity (Wildman–Crippen MR) is 83.7 cm³/mol. The number of fused-ring (bicyclic) bond motifs is 1. The maximum Gasteiger partial charge on any atom is 0.348 e. The Balaban J connectivity index is 1.91. The Morgan fingerprint density at radius 3 is 2.81 bits per heavy atom. The van der Waals surface area contributed by atoms with Crippen LogP contribution in [0.1, 0.15) is 54.2 Å². The predicted octanol–water partition coefficient (Wildman–Crippen LogP) is 2.94. The molecule has 116 valence electrons. The number of hydrogen-bond acceptors (Lipinski definition) is 4. The van der Waals surface area contributed by atoms with E-state index in [0.717, 1.165) is 12.8 Å². The average molecular weight is 309 g/mol. The van der Waals surface area contributed by atoms with E-state index in [0.29, 0.717) is 10.8 Å². The van der Waals surface area contributed by atoms with Gasteiger partial charge in [-0.15, -0.1) is 11.3 Å². The molecule has 4 nitrogen and oxygen atoms in total. The molecule has 0 radical (unpaired) electrons. The van der Waals surface area contributed by atoms with Crippen molar-refractivity contribution in [1.29, 1.82) is 0 Å². The third-order valence-electron chi connectivity index (χ3n) is 3.38. The second-order valence-electron chi connectivity index (χ2n) is 6.78. The fourth-order valence-electron chi connectivity index (χ4n) is 2.46. The maximum absolute atomic E-state index is 12.0. The first-order valence-electron chi connectivity index (χ1n) is 7.34. The summed E-state index contributed by atoms with van der Waals surface area (Å²) in [6, 6.07) is 1.93. The molecule has 1 aromatic heterocycles. The van der Waals surface area contributed by atoms with E-state index < -0.39 is 5.97 Å². The fourth-order valence-corrected chi connectivity index (χ4v) is 3.57. The van der Waals surface area contributed by atoms with Crippen molar-refractivity contribution in [2.75, 3.05) is 6.61 Å². The molecule has 1 atom stereocenters. The van der Waals surface area contributed by atoms with Crippen molar-refractivity contribution in [3.05, 3.63) is 21.4 Å². The Hall–Kier alpha value is -1.36. The van der Waals surface area contributed by atoms with Crippen molar-refractivity contribution < 1.29 is 14.3 Å². The van der Waals surface area contributed by atoms with E-state index in [4.69, 9.17) is 4.74 Å². The van der Waals surface area contributed by atoms with Crippen LogP contribution in [0.5, 0.6) is 0 Å². The lowest BCUT2D eigenvalue weighted by Gasteiger charge is -2.20. The highest BCUT2D eigenvalue weighted by atomic mass is 32.1. The van der Waals surface area contributed by atoms with Gasteiger partial charge in [-0.25, -0.2) is 4.79 Å². The van der Waals surface area contributed by atoms with Crippen LogP contribution in [0.2, 0.25) is 0 Å². The Morgan fingerprint density at radius 1 is 1.43 bits per heavy atom. The highest BCUT2D eigenvalue weighted by Gasteiger charge is 2.22. The van der Waals surface area contributed by atoms with Crippen molar-refractivity contribution in [2.24, 2.45) is 5.92 Å². The molecule has 1 N–H and O–H groups in total. The van der Waals surface area contributed by atoms with Crippen molar-refractivity contribution in [1.82, 2.24) is 5.32 Å². The molecule has 0 spiro atoms. The molecule has 0 saturated carbocycles. The monoisotopic (exact) mass is 309 g/mol. The molecule has 1 heterocycles. The van der Waals surface area contributed by atoms with E-state index in [-0.39, 0.29) is 18.1 Å². The van der Waals surface area contributed by atoms with Crippen molar-refractivity contribution in [3.63, 3.8) is 0 Å². The molecule has 5 heteroatoms. The van der Waals surface area contributed by atoms with Crippen LogP contribution in [0.3, 0.4) is 0 Å². The molecule has 0 aromatic carbocycles. The third kappa shape index (κ3) is 4.56. The minimum Gasteiger partial charge on any atom is -0.451 e. The van der Waals surface area contributed by atoms with Gasteiger partial charge in [0.1, 0.15) is 4.88 Å². The highest BCUT2D eigenvalue weighted by Crippen LogP contribution is 2.32. The molecule has 21 heavy (non-hydrogen) atoms. The Kier molecular flexibility index (Phi) is 4.71. The molecule has 1 aliphatic carbocycles. The van der Waals surface area contributed by atoms with E-state index in [9.17, 15) is 9.59 Å². The van der Waals surface area contributed by atoms with Crippen LogP contribution in [-0.2, 0) is 22.4 Å². The molecule has 0 aliphatic heterocycles. The van der Waals surface area contributed by atoms with Crippen LogP contribution in [0, 0.1) is 5.92 Å². The number of ether oxygens (including phenoxy) is 1. The van der Waals surface area contributed by atoms with E-state index in [1.165, 1.54) is 28.2 Å². The van der Waals surface area contributed by atoms with Crippen molar-refractivity contribution in [2.45, 2.75) is 52.5 Å². The zero-order valence-corrected chi connectivity index (χ0v) is 13.9. The van der Waals surface area contributed by atoms with Crippen molar-refractivity contribution >= 4 is 23.2 Å².